The first kappa shape index (κ1) is 14.3. The molecule has 5 nitrogen and oxygen atoms in total. The maximum absolute atomic E-state index is 11.6. The Bertz CT molecular complexity index is 566. The number of rotatable bonds is 6. The zero-order valence-electron chi connectivity index (χ0n) is 11.3. The standard InChI is InChI=1S/C14H17N3O2S/c1-10-16-8-13(20-10)9-17-14(18)6-7-19-12-4-2-11(15)3-5-12/h2-5,8H,6-7,9,15H2,1H3,(H,17,18). The number of thiazole rings is 1. The zero-order valence-corrected chi connectivity index (χ0v) is 12.1. The molecule has 2 aromatic rings. The predicted molar refractivity (Wildman–Crippen MR) is 79.7 cm³/mol. The molecule has 6 heteroatoms. The molecule has 1 aromatic carbocycles. The number of nitrogens with one attached hydrogen (secondary N) is 1. The van der Waals surface area contributed by atoms with Gasteiger partial charge < -0.3 is 15.8 Å². The highest BCUT2D eigenvalue weighted by Gasteiger charge is 2.04. The minimum absolute atomic E-state index is 0.0356. The second-order valence-electron chi connectivity index (χ2n) is 4.29. The van der Waals surface area contributed by atoms with E-state index in [4.69, 9.17) is 10.5 Å². The van der Waals surface area contributed by atoms with Gasteiger partial charge in [0.1, 0.15) is 5.75 Å². The van der Waals surface area contributed by atoms with E-state index in [1.165, 1.54) is 0 Å². The van der Waals surface area contributed by atoms with Crippen molar-refractivity contribution < 1.29 is 9.53 Å². The summed E-state index contributed by atoms with van der Waals surface area (Å²) in [5.74, 6) is 0.677. The molecule has 0 saturated heterocycles. The quantitative estimate of drug-likeness (QED) is 0.799. The van der Waals surface area contributed by atoms with Crippen molar-refractivity contribution >= 4 is 22.9 Å². The lowest BCUT2D eigenvalue weighted by Gasteiger charge is -2.06. The number of carbonyl (C=O) groups excluding carboxylic acids is 1. The largest absolute Gasteiger partial charge is 0.493 e. The van der Waals surface area contributed by atoms with Gasteiger partial charge in [0.15, 0.2) is 0 Å². The van der Waals surface area contributed by atoms with Crippen molar-refractivity contribution in [3.05, 3.63) is 40.3 Å². The molecule has 0 aliphatic rings. The van der Waals surface area contributed by atoms with Gasteiger partial charge in [-0.2, -0.15) is 0 Å². The summed E-state index contributed by atoms with van der Waals surface area (Å²) in [6, 6.07) is 7.10. The maximum atomic E-state index is 11.6. The maximum Gasteiger partial charge on any atom is 0.223 e. The van der Waals surface area contributed by atoms with Gasteiger partial charge in [0.2, 0.25) is 5.91 Å². The van der Waals surface area contributed by atoms with Crippen LogP contribution in [0, 0.1) is 6.92 Å². The molecule has 1 aromatic heterocycles. The van der Waals surface area contributed by atoms with E-state index in [0.29, 0.717) is 31.0 Å². The van der Waals surface area contributed by atoms with E-state index >= 15 is 0 Å². The Balaban J connectivity index is 1.66. The number of hydrogen-bond acceptors (Lipinski definition) is 5. The Morgan fingerprint density at radius 3 is 2.80 bits per heavy atom. The normalized spacial score (nSPS) is 10.2. The molecule has 0 saturated carbocycles. The Labute approximate surface area is 121 Å². The van der Waals surface area contributed by atoms with Crippen molar-refractivity contribution in [1.29, 1.82) is 0 Å². The summed E-state index contributed by atoms with van der Waals surface area (Å²) >= 11 is 1.58. The Morgan fingerprint density at radius 1 is 1.40 bits per heavy atom. The minimum atomic E-state index is -0.0356. The van der Waals surface area contributed by atoms with E-state index in [1.807, 2.05) is 6.92 Å². The summed E-state index contributed by atoms with van der Waals surface area (Å²) in [5.41, 5.74) is 6.27. The van der Waals surface area contributed by atoms with E-state index in [9.17, 15) is 4.79 Å². The lowest BCUT2D eigenvalue weighted by atomic mass is 10.3. The number of ether oxygens (including phenoxy) is 1. The molecular formula is C14H17N3O2S. The van der Waals surface area contributed by atoms with Gasteiger partial charge in [0, 0.05) is 16.8 Å². The van der Waals surface area contributed by atoms with Crippen molar-refractivity contribution in [3.8, 4) is 5.75 Å². The fraction of sp³-hybridized carbons (Fsp3) is 0.286. The molecule has 0 aliphatic heterocycles. The van der Waals surface area contributed by atoms with Gasteiger partial charge in [-0.1, -0.05) is 0 Å². The first-order chi connectivity index (χ1) is 9.63. The summed E-state index contributed by atoms with van der Waals surface area (Å²) in [6.45, 7) is 2.81. The second-order valence-corrected chi connectivity index (χ2v) is 5.61. The van der Waals surface area contributed by atoms with Crippen molar-refractivity contribution in [2.45, 2.75) is 19.9 Å². The highest BCUT2D eigenvalue weighted by atomic mass is 32.1. The molecule has 0 spiro atoms. The molecule has 0 bridgehead atoms. The lowest BCUT2D eigenvalue weighted by molar-refractivity contribution is -0.121. The van der Waals surface area contributed by atoms with E-state index < -0.39 is 0 Å². The number of benzene rings is 1. The number of anilines is 1. The van der Waals surface area contributed by atoms with E-state index in [1.54, 1.807) is 41.8 Å². The third-order valence-electron chi connectivity index (χ3n) is 2.61. The highest BCUT2D eigenvalue weighted by Crippen LogP contribution is 2.13. The smallest absolute Gasteiger partial charge is 0.223 e. The number of nitrogens with two attached hydrogens (primary N) is 1. The molecule has 0 radical (unpaired) electrons. The summed E-state index contributed by atoms with van der Waals surface area (Å²) in [7, 11) is 0. The molecule has 3 N–H and O–H groups in total. The topological polar surface area (TPSA) is 77.2 Å². The minimum Gasteiger partial charge on any atom is -0.493 e. The van der Waals surface area contributed by atoms with Crippen LogP contribution in [-0.4, -0.2) is 17.5 Å². The van der Waals surface area contributed by atoms with Gasteiger partial charge in [-0.3, -0.25) is 4.79 Å². The van der Waals surface area contributed by atoms with Crippen LogP contribution in [-0.2, 0) is 11.3 Å². The third kappa shape index (κ3) is 4.55. The molecule has 2 rings (SSSR count). The van der Waals surface area contributed by atoms with Crippen LogP contribution in [0.25, 0.3) is 0 Å². The number of amides is 1. The summed E-state index contributed by atoms with van der Waals surface area (Å²) in [5, 5.41) is 3.84. The summed E-state index contributed by atoms with van der Waals surface area (Å²) < 4.78 is 5.46. The number of hydrogen-bond donors (Lipinski definition) is 2. The van der Waals surface area contributed by atoms with Crippen molar-refractivity contribution in [2.75, 3.05) is 12.3 Å². The average Bonchev–Trinajstić information content (AvgIpc) is 2.85. The van der Waals surface area contributed by atoms with Crippen LogP contribution in [0.4, 0.5) is 5.69 Å². The Hall–Kier alpha value is -2.08. The van der Waals surface area contributed by atoms with Gasteiger partial charge in [0.25, 0.3) is 0 Å². The molecule has 0 unspecified atom stereocenters. The number of nitrogen functional groups attached to an aromatic ring is 1. The van der Waals surface area contributed by atoms with Crippen molar-refractivity contribution in [3.63, 3.8) is 0 Å². The third-order valence-corrected chi connectivity index (χ3v) is 3.52. The SMILES string of the molecule is Cc1ncc(CNC(=O)CCOc2ccc(N)cc2)s1. The number of carbonyl (C=O) groups is 1. The van der Waals surface area contributed by atoms with Crippen LogP contribution in [0.1, 0.15) is 16.3 Å². The van der Waals surface area contributed by atoms with Crippen molar-refractivity contribution in [1.82, 2.24) is 10.3 Å². The fourth-order valence-corrected chi connectivity index (χ4v) is 2.32. The second kappa shape index (κ2) is 6.91. The first-order valence-corrected chi connectivity index (χ1v) is 7.11. The molecular weight excluding hydrogens is 274 g/mol. The summed E-state index contributed by atoms with van der Waals surface area (Å²) in [6.07, 6.45) is 2.10. The van der Waals surface area contributed by atoms with Crippen molar-refractivity contribution in [2.24, 2.45) is 0 Å². The van der Waals surface area contributed by atoms with Crippen LogP contribution >= 0.6 is 11.3 Å². The van der Waals surface area contributed by atoms with Crippen LogP contribution in [0.15, 0.2) is 30.5 Å². The Kier molecular flexibility index (Phi) is 4.95. The van der Waals surface area contributed by atoms with Crippen LogP contribution in [0.5, 0.6) is 5.75 Å². The molecule has 0 atom stereocenters. The molecule has 1 amide bonds. The monoisotopic (exact) mass is 291 g/mol. The van der Waals surface area contributed by atoms with Crippen LogP contribution < -0.4 is 15.8 Å². The van der Waals surface area contributed by atoms with Gasteiger partial charge in [-0.25, -0.2) is 4.98 Å². The molecule has 0 fully saturated rings. The average molecular weight is 291 g/mol. The zero-order chi connectivity index (χ0) is 14.4. The Morgan fingerprint density at radius 2 is 2.15 bits per heavy atom. The van der Waals surface area contributed by atoms with Gasteiger partial charge in [0.05, 0.1) is 24.6 Å². The molecule has 0 aliphatic carbocycles. The highest BCUT2D eigenvalue weighted by molar-refractivity contribution is 7.11. The van der Waals surface area contributed by atoms with E-state index in [-0.39, 0.29) is 5.91 Å². The van der Waals surface area contributed by atoms with Gasteiger partial charge >= 0.3 is 0 Å². The number of aryl methyl sites for hydroxylation is 1. The molecule has 20 heavy (non-hydrogen) atoms. The molecule has 106 valence electrons. The first-order valence-electron chi connectivity index (χ1n) is 6.30. The fourth-order valence-electron chi connectivity index (χ4n) is 1.59. The predicted octanol–water partition coefficient (Wildman–Crippen LogP) is 2.12. The van der Waals surface area contributed by atoms with Gasteiger partial charge in [-0.05, 0) is 31.2 Å². The van der Waals surface area contributed by atoms with Crippen LogP contribution in [0.3, 0.4) is 0 Å². The van der Waals surface area contributed by atoms with Gasteiger partial charge in [-0.15, -0.1) is 11.3 Å². The number of aromatic nitrogens is 1. The lowest BCUT2D eigenvalue weighted by Crippen LogP contribution is -2.24. The summed E-state index contributed by atoms with van der Waals surface area (Å²) in [4.78, 5) is 16.8. The van der Waals surface area contributed by atoms with E-state index in [2.05, 4.69) is 10.3 Å². The number of nitrogens with zero attached hydrogens (tertiary/aromatic N) is 1. The van der Waals surface area contributed by atoms with Crippen LogP contribution in [0.2, 0.25) is 0 Å². The van der Waals surface area contributed by atoms with E-state index in [0.717, 1.165) is 9.88 Å². The molecule has 1 heterocycles.